The maximum absolute atomic E-state index is 6.23. The summed E-state index contributed by atoms with van der Waals surface area (Å²) in [6, 6.07) is 8.42. The molecule has 1 N–H and O–H groups in total. The fraction of sp³-hybridized carbons (Fsp3) is 0.571. The molecule has 1 fully saturated rings. The van der Waals surface area contributed by atoms with Gasteiger partial charge in [0, 0.05) is 22.6 Å². The highest BCUT2D eigenvalue weighted by molar-refractivity contribution is 7.99. The Morgan fingerprint density at radius 1 is 1.50 bits per heavy atom. The normalized spacial score (nSPS) is 21.8. The van der Waals surface area contributed by atoms with Gasteiger partial charge in [0.25, 0.3) is 0 Å². The number of benzene rings is 1. The number of nitrogens with one attached hydrogen (secondary N) is 1. The van der Waals surface area contributed by atoms with E-state index >= 15 is 0 Å². The molecule has 0 bridgehead atoms. The Morgan fingerprint density at radius 2 is 2.33 bits per heavy atom. The van der Waals surface area contributed by atoms with Crippen molar-refractivity contribution in [1.29, 1.82) is 0 Å². The molecule has 4 heteroatoms. The van der Waals surface area contributed by atoms with Crippen molar-refractivity contribution in [3.8, 4) is 0 Å². The van der Waals surface area contributed by atoms with E-state index in [9.17, 15) is 0 Å². The van der Waals surface area contributed by atoms with E-state index in [1.165, 1.54) is 5.56 Å². The maximum Gasteiger partial charge on any atom is 0.0821 e. The highest BCUT2D eigenvalue weighted by Gasteiger charge is 2.24. The van der Waals surface area contributed by atoms with Crippen molar-refractivity contribution in [2.45, 2.75) is 25.5 Å². The zero-order valence-electron chi connectivity index (χ0n) is 10.7. The van der Waals surface area contributed by atoms with Crippen LogP contribution in [-0.4, -0.2) is 36.8 Å². The zero-order valence-corrected chi connectivity index (χ0v) is 12.3. The second-order valence-corrected chi connectivity index (χ2v) is 6.00. The molecule has 0 spiro atoms. The van der Waals surface area contributed by atoms with Crippen molar-refractivity contribution < 1.29 is 4.74 Å². The fourth-order valence-corrected chi connectivity index (χ4v) is 3.39. The van der Waals surface area contributed by atoms with Gasteiger partial charge in [-0.25, -0.2) is 0 Å². The Bertz CT molecular complexity index is 369. The molecule has 0 aliphatic carbocycles. The fourth-order valence-electron chi connectivity index (χ4n) is 2.24. The monoisotopic (exact) mass is 285 g/mol. The molecule has 2 nitrogen and oxygen atoms in total. The molecule has 1 aliphatic heterocycles. The van der Waals surface area contributed by atoms with Gasteiger partial charge < -0.3 is 10.1 Å². The molecule has 18 heavy (non-hydrogen) atoms. The third kappa shape index (κ3) is 3.89. The van der Waals surface area contributed by atoms with Crippen LogP contribution >= 0.6 is 23.4 Å². The van der Waals surface area contributed by atoms with Crippen LogP contribution in [0.15, 0.2) is 24.3 Å². The van der Waals surface area contributed by atoms with Crippen molar-refractivity contribution in [1.82, 2.24) is 5.32 Å². The van der Waals surface area contributed by atoms with Gasteiger partial charge in [-0.05, 0) is 24.6 Å². The highest BCUT2D eigenvalue weighted by atomic mass is 35.5. The maximum atomic E-state index is 6.23. The van der Waals surface area contributed by atoms with Crippen LogP contribution in [0.3, 0.4) is 0 Å². The third-order valence-corrected chi connectivity index (χ3v) is 4.54. The van der Waals surface area contributed by atoms with Gasteiger partial charge in [-0.2, -0.15) is 11.8 Å². The van der Waals surface area contributed by atoms with Crippen molar-refractivity contribution in [2.24, 2.45) is 0 Å². The molecule has 1 aromatic rings. The summed E-state index contributed by atoms with van der Waals surface area (Å²) in [5, 5.41) is 4.38. The molecule has 0 radical (unpaired) electrons. The summed E-state index contributed by atoms with van der Waals surface area (Å²) in [6.07, 6.45) is 1.22. The standard InChI is InChI=1S/C14H20ClNOS/c1-2-16-13(14-10-18-8-7-17-14)9-11-5-3-4-6-12(11)15/h3-6,13-14,16H,2,7-10H2,1H3. The van der Waals surface area contributed by atoms with Gasteiger partial charge in [-0.3, -0.25) is 0 Å². The first-order valence-corrected chi connectivity index (χ1v) is 8.00. The van der Waals surface area contributed by atoms with Crippen LogP contribution in [0.4, 0.5) is 0 Å². The molecule has 0 saturated carbocycles. The molecule has 1 aliphatic rings. The van der Waals surface area contributed by atoms with E-state index in [-0.39, 0.29) is 0 Å². The minimum Gasteiger partial charge on any atom is -0.375 e. The lowest BCUT2D eigenvalue weighted by atomic mass is 10.0. The predicted molar refractivity (Wildman–Crippen MR) is 79.7 cm³/mol. The lowest BCUT2D eigenvalue weighted by Crippen LogP contribution is -2.46. The molecule has 0 aromatic heterocycles. The number of ether oxygens (including phenoxy) is 1. The summed E-state index contributed by atoms with van der Waals surface area (Å²) < 4.78 is 5.88. The van der Waals surface area contributed by atoms with Crippen LogP contribution in [0.5, 0.6) is 0 Å². The van der Waals surface area contributed by atoms with Gasteiger partial charge in [0.05, 0.1) is 12.7 Å². The molecule has 2 rings (SSSR count). The van der Waals surface area contributed by atoms with Crippen molar-refractivity contribution in [2.75, 3.05) is 24.7 Å². The van der Waals surface area contributed by atoms with Crippen LogP contribution in [0.2, 0.25) is 5.02 Å². The summed E-state index contributed by atoms with van der Waals surface area (Å²) in [5.41, 5.74) is 1.20. The van der Waals surface area contributed by atoms with Crippen LogP contribution in [0.25, 0.3) is 0 Å². The smallest absolute Gasteiger partial charge is 0.0821 e. The first kappa shape index (κ1) is 14.2. The molecular weight excluding hydrogens is 266 g/mol. The van der Waals surface area contributed by atoms with Crippen LogP contribution < -0.4 is 5.32 Å². The lowest BCUT2D eigenvalue weighted by Gasteiger charge is -2.31. The molecule has 1 heterocycles. The van der Waals surface area contributed by atoms with E-state index in [0.29, 0.717) is 12.1 Å². The summed E-state index contributed by atoms with van der Waals surface area (Å²) in [7, 11) is 0. The van der Waals surface area contributed by atoms with Gasteiger partial charge in [-0.1, -0.05) is 36.7 Å². The van der Waals surface area contributed by atoms with Crippen LogP contribution in [0.1, 0.15) is 12.5 Å². The number of hydrogen-bond acceptors (Lipinski definition) is 3. The number of hydrogen-bond donors (Lipinski definition) is 1. The Hall–Kier alpha value is -0.220. The average Bonchev–Trinajstić information content (AvgIpc) is 2.42. The second-order valence-electron chi connectivity index (χ2n) is 4.44. The van der Waals surface area contributed by atoms with Crippen molar-refractivity contribution in [3.05, 3.63) is 34.9 Å². The molecule has 2 unspecified atom stereocenters. The zero-order chi connectivity index (χ0) is 12.8. The Labute approximate surface area is 118 Å². The third-order valence-electron chi connectivity index (χ3n) is 3.15. The summed E-state index contributed by atoms with van der Waals surface area (Å²) >= 11 is 8.21. The van der Waals surface area contributed by atoms with Crippen LogP contribution in [0, 0.1) is 0 Å². The second kappa shape index (κ2) is 7.39. The molecular formula is C14H20ClNOS. The van der Waals surface area contributed by atoms with Gasteiger partial charge in [0.1, 0.15) is 0 Å². The Morgan fingerprint density at radius 3 is 3.00 bits per heavy atom. The number of thioether (sulfide) groups is 1. The minimum atomic E-state index is 0.292. The summed E-state index contributed by atoms with van der Waals surface area (Å²) in [4.78, 5) is 0. The highest BCUT2D eigenvalue weighted by Crippen LogP contribution is 2.21. The summed E-state index contributed by atoms with van der Waals surface area (Å²) in [5.74, 6) is 2.18. The van der Waals surface area contributed by atoms with Gasteiger partial charge >= 0.3 is 0 Å². The molecule has 1 aromatic carbocycles. The quantitative estimate of drug-likeness (QED) is 0.899. The molecule has 0 amide bonds. The van der Waals surface area contributed by atoms with E-state index in [2.05, 4.69) is 18.3 Å². The van der Waals surface area contributed by atoms with Crippen molar-refractivity contribution in [3.63, 3.8) is 0 Å². The lowest BCUT2D eigenvalue weighted by molar-refractivity contribution is 0.0476. The molecule has 2 atom stereocenters. The number of halogens is 1. The molecule has 100 valence electrons. The van der Waals surface area contributed by atoms with Crippen molar-refractivity contribution >= 4 is 23.4 Å². The van der Waals surface area contributed by atoms with E-state index in [4.69, 9.17) is 16.3 Å². The number of rotatable bonds is 5. The van der Waals surface area contributed by atoms with E-state index in [0.717, 1.165) is 36.1 Å². The van der Waals surface area contributed by atoms with Gasteiger partial charge in [-0.15, -0.1) is 0 Å². The SMILES string of the molecule is CCNC(Cc1ccccc1Cl)C1CSCCO1. The predicted octanol–water partition coefficient (Wildman–Crippen LogP) is 2.99. The minimum absolute atomic E-state index is 0.292. The first-order valence-electron chi connectivity index (χ1n) is 6.47. The molecule has 1 saturated heterocycles. The van der Waals surface area contributed by atoms with Gasteiger partial charge in [0.15, 0.2) is 0 Å². The average molecular weight is 286 g/mol. The Balaban J connectivity index is 2.03. The topological polar surface area (TPSA) is 21.3 Å². The number of likely N-dealkylation sites (N-methyl/N-ethyl adjacent to an activating group) is 1. The largest absolute Gasteiger partial charge is 0.375 e. The van der Waals surface area contributed by atoms with E-state index in [1.807, 2.05) is 30.0 Å². The first-order chi connectivity index (χ1) is 8.81. The van der Waals surface area contributed by atoms with E-state index < -0.39 is 0 Å². The Kier molecular flexibility index (Phi) is 5.83. The summed E-state index contributed by atoms with van der Waals surface area (Å²) in [6.45, 7) is 3.95. The van der Waals surface area contributed by atoms with Gasteiger partial charge in [0.2, 0.25) is 0 Å². The van der Waals surface area contributed by atoms with E-state index in [1.54, 1.807) is 0 Å². The van der Waals surface area contributed by atoms with Crippen LogP contribution in [-0.2, 0) is 11.2 Å².